The number of hydrogen-bond donors (Lipinski definition) is 1. The van der Waals surface area contributed by atoms with Gasteiger partial charge in [-0.2, -0.15) is 16.3 Å². The molecule has 2 aromatic heterocycles. The van der Waals surface area contributed by atoms with E-state index in [4.69, 9.17) is 4.52 Å². The fourth-order valence-electron chi connectivity index (χ4n) is 2.40. The molecule has 1 aromatic carbocycles. The summed E-state index contributed by atoms with van der Waals surface area (Å²) in [5, 5.41) is 10.8. The van der Waals surface area contributed by atoms with Gasteiger partial charge in [0.05, 0.1) is 0 Å². The average molecular weight is 341 g/mol. The first-order valence-corrected chi connectivity index (χ1v) is 8.83. The van der Waals surface area contributed by atoms with E-state index in [9.17, 15) is 4.79 Å². The highest BCUT2D eigenvalue weighted by atomic mass is 32.1. The molecule has 3 aromatic rings. The largest absolute Gasteiger partial charge is 0.356 e. The monoisotopic (exact) mass is 341 g/mol. The van der Waals surface area contributed by atoms with Crippen LogP contribution in [0.3, 0.4) is 0 Å². The van der Waals surface area contributed by atoms with Gasteiger partial charge in [0, 0.05) is 30.3 Å². The molecule has 0 aliphatic heterocycles. The van der Waals surface area contributed by atoms with Crippen LogP contribution in [0.25, 0.3) is 11.4 Å². The molecule has 0 saturated heterocycles. The minimum absolute atomic E-state index is 0.00105. The molecular formula is C18H19N3O2S. The third-order valence-corrected chi connectivity index (χ3v) is 4.47. The van der Waals surface area contributed by atoms with E-state index in [1.54, 1.807) is 11.3 Å². The lowest BCUT2D eigenvalue weighted by molar-refractivity contribution is -0.121. The molecule has 0 radical (unpaired) electrons. The highest BCUT2D eigenvalue weighted by molar-refractivity contribution is 7.08. The van der Waals surface area contributed by atoms with Crippen LogP contribution in [0.4, 0.5) is 0 Å². The van der Waals surface area contributed by atoms with Gasteiger partial charge in [-0.3, -0.25) is 4.79 Å². The van der Waals surface area contributed by atoms with Crippen LogP contribution in [0.1, 0.15) is 23.4 Å². The van der Waals surface area contributed by atoms with Crippen LogP contribution in [0.2, 0.25) is 0 Å². The predicted octanol–water partition coefficient (Wildman–Crippen LogP) is 3.40. The molecule has 0 bridgehead atoms. The first-order chi connectivity index (χ1) is 11.7. The molecule has 5 nitrogen and oxygen atoms in total. The van der Waals surface area contributed by atoms with Crippen LogP contribution in [-0.2, 0) is 17.6 Å². The summed E-state index contributed by atoms with van der Waals surface area (Å²) in [7, 11) is 0. The summed E-state index contributed by atoms with van der Waals surface area (Å²) < 4.78 is 5.19. The summed E-state index contributed by atoms with van der Waals surface area (Å²) in [5.41, 5.74) is 3.45. The van der Waals surface area contributed by atoms with E-state index in [0.717, 1.165) is 12.0 Å². The Hall–Kier alpha value is -2.47. The molecule has 24 heavy (non-hydrogen) atoms. The highest BCUT2D eigenvalue weighted by Gasteiger charge is 2.10. The van der Waals surface area contributed by atoms with Gasteiger partial charge in [0.2, 0.25) is 17.6 Å². The van der Waals surface area contributed by atoms with Crippen molar-refractivity contribution in [3.05, 3.63) is 58.1 Å². The topological polar surface area (TPSA) is 68.0 Å². The Kier molecular flexibility index (Phi) is 5.38. The average Bonchev–Trinajstić information content (AvgIpc) is 3.26. The Morgan fingerprint density at radius 1 is 1.25 bits per heavy atom. The molecule has 2 heterocycles. The Bertz CT molecular complexity index is 796. The number of hydrogen-bond acceptors (Lipinski definition) is 5. The number of carbonyl (C=O) groups is 1. The van der Waals surface area contributed by atoms with E-state index < -0.39 is 0 Å². The molecule has 1 amide bonds. The Morgan fingerprint density at radius 2 is 2.12 bits per heavy atom. The summed E-state index contributed by atoms with van der Waals surface area (Å²) in [4.78, 5) is 16.2. The number of carbonyl (C=O) groups excluding carboxylic acids is 1. The zero-order valence-electron chi connectivity index (χ0n) is 13.5. The van der Waals surface area contributed by atoms with Gasteiger partial charge in [-0.1, -0.05) is 29.4 Å². The van der Waals surface area contributed by atoms with E-state index in [2.05, 4.69) is 34.5 Å². The lowest BCUT2D eigenvalue weighted by Crippen LogP contribution is -2.26. The standard InChI is InChI=1S/C18H19N3O2S/c1-13-4-2-3-5-14(13)8-10-19-16(22)6-7-17-20-18(21-23-17)15-9-11-24-12-15/h2-5,9,11-12H,6-8,10H2,1H3,(H,19,22). The predicted molar refractivity (Wildman–Crippen MR) is 93.8 cm³/mol. The van der Waals surface area contributed by atoms with Gasteiger partial charge in [-0.05, 0) is 35.9 Å². The summed E-state index contributed by atoms with van der Waals surface area (Å²) in [6.45, 7) is 2.71. The summed E-state index contributed by atoms with van der Waals surface area (Å²) in [6, 6.07) is 10.2. The van der Waals surface area contributed by atoms with Crippen molar-refractivity contribution >= 4 is 17.2 Å². The van der Waals surface area contributed by atoms with Gasteiger partial charge in [-0.15, -0.1) is 0 Å². The van der Waals surface area contributed by atoms with Crippen LogP contribution in [-0.4, -0.2) is 22.6 Å². The fourth-order valence-corrected chi connectivity index (χ4v) is 3.04. The highest BCUT2D eigenvalue weighted by Crippen LogP contribution is 2.18. The molecule has 0 atom stereocenters. The molecule has 6 heteroatoms. The third kappa shape index (κ3) is 4.29. The van der Waals surface area contributed by atoms with E-state index in [0.29, 0.717) is 31.1 Å². The molecule has 0 unspecified atom stereocenters. The van der Waals surface area contributed by atoms with E-state index in [1.807, 2.05) is 29.0 Å². The second-order valence-electron chi connectivity index (χ2n) is 5.55. The van der Waals surface area contributed by atoms with Crippen molar-refractivity contribution < 1.29 is 9.32 Å². The van der Waals surface area contributed by atoms with E-state index in [1.165, 1.54) is 11.1 Å². The van der Waals surface area contributed by atoms with Crippen LogP contribution < -0.4 is 5.32 Å². The number of aryl methyl sites for hydroxylation is 2. The molecule has 0 aliphatic carbocycles. The molecule has 0 aliphatic rings. The summed E-state index contributed by atoms with van der Waals surface area (Å²) in [5.74, 6) is 1.07. The van der Waals surface area contributed by atoms with Crippen molar-refractivity contribution in [2.75, 3.05) is 6.54 Å². The van der Waals surface area contributed by atoms with Gasteiger partial charge in [0.1, 0.15) is 0 Å². The maximum Gasteiger partial charge on any atom is 0.227 e. The lowest BCUT2D eigenvalue weighted by atomic mass is 10.1. The van der Waals surface area contributed by atoms with E-state index >= 15 is 0 Å². The maximum absolute atomic E-state index is 11.9. The zero-order valence-corrected chi connectivity index (χ0v) is 14.3. The van der Waals surface area contributed by atoms with E-state index in [-0.39, 0.29) is 5.91 Å². The second kappa shape index (κ2) is 7.88. The quantitative estimate of drug-likeness (QED) is 0.715. The molecule has 1 N–H and O–H groups in total. The van der Waals surface area contributed by atoms with Gasteiger partial charge >= 0.3 is 0 Å². The zero-order chi connectivity index (χ0) is 16.8. The number of nitrogens with one attached hydrogen (secondary N) is 1. The molecule has 0 spiro atoms. The first-order valence-electron chi connectivity index (χ1n) is 7.89. The number of thiophene rings is 1. The lowest BCUT2D eigenvalue weighted by Gasteiger charge is -2.06. The first kappa shape index (κ1) is 16.4. The minimum atomic E-state index is -0.00105. The van der Waals surface area contributed by atoms with Crippen molar-refractivity contribution in [1.29, 1.82) is 0 Å². The SMILES string of the molecule is Cc1ccccc1CCNC(=O)CCc1nc(-c2ccsc2)no1. The van der Waals surface area contributed by atoms with Gasteiger partial charge in [0.25, 0.3) is 0 Å². The molecule has 0 fully saturated rings. The van der Waals surface area contributed by atoms with Crippen LogP contribution in [0.5, 0.6) is 0 Å². The Balaban J connectivity index is 1.42. The maximum atomic E-state index is 11.9. The third-order valence-electron chi connectivity index (χ3n) is 3.79. The second-order valence-corrected chi connectivity index (χ2v) is 6.33. The Labute approximate surface area is 144 Å². The minimum Gasteiger partial charge on any atom is -0.356 e. The Morgan fingerprint density at radius 3 is 2.92 bits per heavy atom. The van der Waals surface area contributed by atoms with Crippen molar-refractivity contribution in [3.8, 4) is 11.4 Å². The number of aromatic nitrogens is 2. The van der Waals surface area contributed by atoms with Crippen molar-refractivity contribution in [2.24, 2.45) is 0 Å². The number of rotatable bonds is 7. The van der Waals surface area contributed by atoms with Crippen LogP contribution in [0, 0.1) is 6.92 Å². The smallest absolute Gasteiger partial charge is 0.227 e. The molecule has 124 valence electrons. The number of amides is 1. The molecular weight excluding hydrogens is 322 g/mol. The normalized spacial score (nSPS) is 10.7. The van der Waals surface area contributed by atoms with Crippen molar-refractivity contribution in [1.82, 2.24) is 15.5 Å². The van der Waals surface area contributed by atoms with Gasteiger partial charge in [-0.25, -0.2) is 0 Å². The molecule has 0 saturated carbocycles. The van der Waals surface area contributed by atoms with Crippen molar-refractivity contribution in [2.45, 2.75) is 26.2 Å². The van der Waals surface area contributed by atoms with Crippen molar-refractivity contribution in [3.63, 3.8) is 0 Å². The number of benzene rings is 1. The summed E-state index contributed by atoms with van der Waals surface area (Å²) >= 11 is 1.58. The van der Waals surface area contributed by atoms with Gasteiger partial charge in [0.15, 0.2) is 0 Å². The fraction of sp³-hybridized carbons (Fsp3) is 0.278. The van der Waals surface area contributed by atoms with Crippen LogP contribution >= 0.6 is 11.3 Å². The van der Waals surface area contributed by atoms with Gasteiger partial charge < -0.3 is 9.84 Å². The van der Waals surface area contributed by atoms with Crippen LogP contribution in [0.15, 0.2) is 45.6 Å². The summed E-state index contributed by atoms with van der Waals surface area (Å²) in [6.07, 6.45) is 1.63. The number of nitrogens with zero attached hydrogens (tertiary/aromatic N) is 2. The molecule has 3 rings (SSSR count).